The Balaban J connectivity index is 1.62. The summed E-state index contributed by atoms with van der Waals surface area (Å²) in [4.78, 5) is 84.7. The van der Waals surface area contributed by atoms with Crippen molar-refractivity contribution >= 4 is 40.4 Å². The molecule has 0 saturated carbocycles. The van der Waals surface area contributed by atoms with Gasteiger partial charge in [-0.1, -0.05) is 13.8 Å². The topological polar surface area (TPSA) is 220 Å². The molecule has 4 atom stereocenters. The van der Waals surface area contributed by atoms with Crippen LogP contribution in [0.15, 0.2) is 47.2 Å². The van der Waals surface area contributed by atoms with Gasteiger partial charge in [-0.15, -0.1) is 0 Å². The van der Waals surface area contributed by atoms with Gasteiger partial charge in [0.2, 0.25) is 29.5 Å². The maximum atomic E-state index is 14.8. The van der Waals surface area contributed by atoms with E-state index in [1.807, 2.05) is 0 Å². The number of nitrogens with zero attached hydrogens (tertiary/aromatic N) is 6. The zero-order valence-electron chi connectivity index (χ0n) is 34.7. The van der Waals surface area contributed by atoms with Crippen LogP contribution < -0.4 is 30.2 Å². The van der Waals surface area contributed by atoms with Gasteiger partial charge in [-0.05, 0) is 41.8 Å². The van der Waals surface area contributed by atoms with Crippen molar-refractivity contribution in [1.29, 1.82) is 0 Å². The first-order valence-corrected chi connectivity index (χ1v) is 19.4. The van der Waals surface area contributed by atoms with Crippen molar-refractivity contribution < 1.29 is 60.3 Å². The molecule has 0 saturated heterocycles. The molecule has 0 fully saturated rings. The van der Waals surface area contributed by atoms with Crippen molar-refractivity contribution in [3.63, 3.8) is 0 Å². The van der Waals surface area contributed by atoms with Crippen LogP contribution in [0.4, 0.5) is 17.6 Å². The molecule has 1 aromatic carbocycles. The smallest absolute Gasteiger partial charge is 0.391 e. The van der Waals surface area contributed by atoms with Gasteiger partial charge in [0, 0.05) is 56.8 Å². The number of likely N-dealkylation sites (N-methyl/N-ethyl adjacent to an activating group) is 2. The van der Waals surface area contributed by atoms with Gasteiger partial charge in [-0.25, -0.2) is 4.39 Å². The van der Waals surface area contributed by atoms with Gasteiger partial charge >= 0.3 is 12.2 Å². The molecule has 3 aromatic heterocycles. The van der Waals surface area contributed by atoms with Crippen molar-refractivity contribution in [1.82, 2.24) is 45.9 Å². The Morgan fingerprint density at radius 2 is 1.77 bits per heavy atom. The Labute approximate surface area is 353 Å². The van der Waals surface area contributed by atoms with Crippen molar-refractivity contribution in [2.75, 3.05) is 41.5 Å². The molecule has 0 radical (unpaired) electrons. The fraction of sp³-hybridized carbons (Fsp3) is 0.475. The molecule has 2 unspecified atom stereocenters. The number of amides is 5. The Morgan fingerprint density at radius 3 is 2.45 bits per heavy atom. The number of methoxy groups -OCH3 is 2. The van der Waals surface area contributed by atoms with Crippen molar-refractivity contribution in [3.8, 4) is 17.5 Å². The van der Waals surface area contributed by atoms with E-state index >= 15 is 0 Å². The van der Waals surface area contributed by atoms with Crippen LogP contribution in [0, 0.1) is 11.7 Å². The van der Waals surface area contributed by atoms with E-state index < -0.39 is 85.1 Å². The molecule has 3 N–H and O–H groups in total. The van der Waals surface area contributed by atoms with Crippen molar-refractivity contribution in [3.05, 3.63) is 65.7 Å². The third kappa shape index (κ3) is 12.0. The molecule has 22 heteroatoms. The summed E-state index contributed by atoms with van der Waals surface area (Å²) in [7, 11) is 5.01. The van der Waals surface area contributed by atoms with E-state index in [1.54, 1.807) is 19.9 Å². The normalized spacial score (nSPS) is 19.7. The van der Waals surface area contributed by atoms with Gasteiger partial charge in [0.15, 0.2) is 0 Å². The molecule has 0 spiro atoms. The van der Waals surface area contributed by atoms with E-state index in [4.69, 9.17) is 18.7 Å². The van der Waals surface area contributed by atoms with Gasteiger partial charge in [-0.2, -0.15) is 18.2 Å². The second-order valence-electron chi connectivity index (χ2n) is 14.9. The van der Waals surface area contributed by atoms with E-state index in [9.17, 15) is 41.5 Å². The molecule has 334 valence electrons. The molecule has 0 aliphatic carbocycles. The first-order chi connectivity index (χ1) is 29.4. The van der Waals surface area contributed by atoms with E-state index in [2.05, 4.69) is 36.1 Å². The van der Waals surface area contributed by atoms with E-state index in [-0.39, 0.29) is 65.8 Å². The molecular weight excluding hydrogens is 826 g/mol. The van der Waals surface area contributed by atoms with Gasteiger partial charge in [0.1, 0.15) is 42.0 Å². The Morgan fingerprint density at radius 1 is 1.02 bits per heavy atom. The van der Waals surface area contributed by atoms with Crippen LogP contribution in [0.2, 0.25) is 0 Å². The predicted molar refractivity (Wildman–Crippen MR) is 210 cm³/mol. The second-order valence-corrected chi connectivity index (χ2v) is 14.9. The van der Waals surface area contributed by atoms with Gasteiger partial charge in [-0.3, -0.25) is 33.9 Å². The third-order valence-electron chi connectivity index (χ3n) is 9.94. The molecule has 1 aliphatic rings. The SMILES string of the molecule is COc1ccnc(CC2COc3ccc4ncc(F)cc4c3C(=O)N[C@H](C(=O)NCCc3nc(OC)no3)CC(=O)N(C)[C@@H](CC(C)C)C(=O)N(C)C(CC(F)(F)F)C(=O)N2)c1. The molecule has 5 amide bonds. The lowest BCUT2D eigenvalue weighted by molar-refractivity contribution is -0.164. The number of rotatable bonds is 11. The van der Waals surface area contributed by atoms with E-state index in [0.29, 0.717) is 16.3 Å². The highest BCUT2D eigenvalue weighted by molar-refractivity contribution is 6.10. The molecule has 0 bridgehead atoms. The third-order valence-corrected chi connectivity index (χ3v) is 9.94. The van der Waals surface area contributed by atoms with Crippen LogP contribution in [0.25, 0.3) is 10.9 Å². The summed E-state index contributed by atoms with van der Waals surface area (Å²) in [5, 5.41) is 11.3. The first kappa shape index (κ1) is 46.5. The van der Waals surface area contributed by atoms with Crippen LogP contribution in [0.5, 0.6) is 17.5 Å². The summed E-state index contributed by atoms with van der Waals surface area (Å²) < 4.78 is 78.9. The fourth-order valence-corrected chi connectivity index (χ4v) is 6.75. The van der Waals surface area contributed by atoms with Crippen LogP contribution >= 0.6 is 0 Å². The summed E-state index contributed by atoms with van der Waals surface area (Å²) in [6, 6.07) is 0.446. The molecule has 18 nitrogen and oxygen atoms in total. The number of hydrogen-bond donors (Lipinski definition) is 3. The first-order valence-electron chi connectivity index (χ1n) is 19.4. The lowest BCUT2D eigenvalue weighted by atomic mass is 9.99. The minimum Gasteiger partial charge on any atom is -0.497 e. The minimum absolute atomic E-state index is 0.0124. The number of aromatic nitrogens is 4. The molecule has 62 heavy (non-hydrogen) atoms. The molecule has 5 rings (SSSR count). The van der Waals surface area contributed by atoms with Crippen molar-refractivity contribution in [2.24, 2.45) is 5.92 Å². The lowest BCUT2D eigenvalue weighted by Gasteiger charge is -2.36. The van der Waals surface area contributed by atoms with E-state index in [1.165, 1.54) is 45.7 Å². The highest BCUT2D eigenvalue weighted by Crippen LogP contribution is 2.30. The molecular formula is C40H47F4N9O9. The average Bonchev–Trinajstić information content (AvgIpc) is 3.69. The number of alkyl halides is 3. The largest absolute Gasteiger partial charge is 0.497 e. The summed E-state index contributed by atoms with van der Waals surface area (Å²) in [6.45, 7) is 2.82. The van der Waals surface area contributed by atoms with Gasteiger partial charge < -0.3 is 44.5 Å². The number of halogens is 4. The van der Waals surface area contributed by atoms with Gasteiger partial charge in [0.25, 0.3) is 5.91 Å². The van der Waals surface area contributed by atoms with E-state index in [0.717, 1.165) is 24.2 Å². The maximum absolute atomic E-state index is 14.8. The summed E-state index contributed by atoms with van der Waals surface area (Å²) >= 11 is 0. The Kier molecular flexibility index (Phi) is 15.2. The fourth-order valence-electron chi connectivity index (χ4n) is 6.75. The Bertz CT molecular complexity index is 2260. The number of hydrogen-bond acceptors (Lipinski definition) is 13. The maximum Gasteiger partial charge on any atom is 0.391 e. The van der Waals surface area contributed by atoms with Crippen molar-refractivity contribution in [2.45, 2.75) is 76.3 Å². The number of benzene rings is 1. The monoisotopic (exact) mass is 873 g/mol. The highest BCUT2D eigenvalue weighted by Gasteiger charge is 2.43. The zero-order chi connectivity index (χ0) is 45.3. The standard InChI is InChI=1S/C40H47F4N9O9/c1-21(2)13-29-38(58)53(4)30(18-40(42,43)44)36(56)48-24(15-23-16-25(59-5)9-11-45-23)20-61-31-8-7-27-26(14-22(41)19-47-27)34(31)37(57)49-28(17-33(54)52(29)3)35(55)46-12-10-32-50-39(60-6)51-62-32/h7-9,11,14,16,19,21,24,28-30H,10,12-13,15,17-18,20H2,1-6H3,(H,46,55)(H,48,56)(H,49,57)/t24?,28-,29-,30?/m0/s1. The van der Waals surface area contributed by atoms with Crippen LogP contribution in [-0.2, 0) is 32.0 Å². The molecule has 4 aromatic rings. The van der Waals surface area contributed by atoms with Crippen LogP contribution in [0.3, 0.4) is 0 Å². The number of pyridine rings is 2. The number of ether oxygens (including phenoxy) is 3. The number of fused-ring (bicyclic) bond motifs is 3. The quantitative estimate of drug-likeness (QED) is 0.185. The minimum atomic E-state index is -4.93. The zero-order valence-corrected chi connectivity index (χ0v) is 34.7. The predicted octanol–water partition coefficient (Wildman–Crippen LogP) is 2.79. The summed E-state index contributed by atoms with van der Waals surface area (Å²) in [6.07, 6.45) is -5.29. The average molecular weight is 874 g/mol. The second kappa shape index (κ2) is 20.3. The number of carbonyl (C=O) groups excluding carboxylic acids is 5. The summed E-state index contributed by atoms with van der Waals surface area (Å²) in [5.74, 6) is -5.77. The van der Waals surface area contributed by atoms with Crippen LogP contribution in [-0.4, -0.2) is 131 Å². The Hall–Kier alpha value is -6.61. The number of carbonyl (C=O) groups is 5. The van der Waals surface area contributed by atoms with Crippen LogP contribution in [0.1, 0.15) is 55.1 Å². The molecule has 1 aliphatic heterocycles. The molecule has 4 heterocycles. The van der Waals surface area contributed by atoms with Gasteiger partial charge in [0.05, 0.1) is 50.4 Å². The highest BCUT2D eigenvalue weighted by atomic mass is 19.4. The lowest BCUT2D eigenvalue weighted by Crippen LogP contribution is -2.58. The number of nitrogens with one attached hydrogen (secondary N) is 3. The summed E-state index contributed by atoms with van der Waals surface area (Å²) in [5.41, 5.74) is 0.149.